The maximum atomic E-state index is 13.8. The van der Waals surface area contributed by atoms with E-state index in [9.17, 15) is 13.2 Å². The van der Waals surface area contributed by atoms with Crippen LogP contribution in [0.5, 0.6) is 0 Å². The third kappa shape index (κ3) is 6.92. The average Bonchev–Trinajstić information content (AvgIpc) is 2.76. The Balaban J connectivity index is 1.89. The van der Waals surface area contributed by atoms with Gasteiger partial charge in [0.05, 0.1) is 27.7 Å². The van der Waals surface area contributed by atoms with Crippen molar-refractivity contribution in [3.05, 3.63) is 98.0 Å². The predicted octanol–water partition coefficient (Wildman–Crippen LogP) is 5.57. The van der Waals surface area contributed by atoms with Gasteiger partial charge in [0.15, 0.2) is 0 Å². The molecule has 0 unspecified atom stereocenters. The first kappa shape index (κ1) is 26.9. The Morgan fingerprint density at radius 2 is 1.54 bits per heavy atom. The first-order chi connectivity index (χ1) is 16.5. The summed E-state index contributed by atoms with van der Waals surface area (Å²) in [6.45, 7) is 6.88. The highest BCUT2D eigenvalue weighted by atomic mass is 35.5. The lowest BCUT2D eigenvalue weighted by Crippen LogP contribution is -2.39. The summed E-state index contributed by atoms with van der Waals surface area (Å²) in [6, 6.07) is 16.1. The molecule has 0 saturated carbocycles. The van der Waals surface area contributed by atoms with Gasteiger partial charge >= 0.3 is 0 Å². The van der Waals surface area contributed by atoms with Crippen molar-refractivity contribution in [2.45, 2.75) is 39.1 Å². The van der Waals surface area contributed by atoms with Gasteiger partial charge in [-0.05, 0) is 62.1 Å². The van der Waals surface area contributed by atoms with Crippen molar-refractivity contribution >= 4 is 45.3 Å². The topological polar surface area (TPSA) is 78.8 Å². The number of carbonyl (C=O) groups is 1. The van der Waals surface area contributed by atoms with E-state index < -0.39 is 22.5 Å². The van der Waals surface area contributed by atoms with Crippen LogP contribution in [-0.4, -0.2) is 31.4 Å². The van der Waals surface area contributed by atoms with E-state index in [2.05, 4.69) is 10.5 Å². The number of hydrogen-bond donors (Lipinski definition) is 1. The van der Waals surface area contributed by atoms with Gasteiger partial charge in [0.25, 0.3) is 5.91 Å². The summed E-state index contributed by atoms with van der Waals surface area (Å²) < 4.78 is 28.6. The molecule has 1 amide bonds. The molecule has 0 radical (unpaired) electrons. The summed E-state index contributed by atoms with van der Waals surface area (Å²) >= 11 is 12.2. The zero-order valence-electron chi connectivity index (χ0n) is 20.0. The van der Waals surface area contributed by atoms with Crippen molar-refractivity contribution in [2.24, 2.45) is 5.10 Å². The normalized spacial score (nSPS) is 11.9. The summed E-state index contributed by atoms with van der Waals surface area (Å²) in [5, 5.41) is 4.64. The van der Waals surface area contributed by atoms with E-state index in [1.807, 2.05) is 50.2 Å². The van der Waals surface area contributed by atoms with Crippen molar-refractivity contribution < 1.29 is 13.2 Å². The van der Waals surface area contributed by atoms with E-state index >= 15 is 0 Å². The van der Waals surface area contributed by atoms with Crippen LogP contribution in [0.3, 0.4) is 0 Å². The van der Waals surface area contributed by atoms with Crippen molar-refractivity contribution in [2.75, 3.05) is 6.54 Å². The van der Waals surface area contributed by atoms with E-state index in [1.54, 1.807) is 32.0 Å². The fraction of sp³-hybridized carbons (Fsp3) is 0.231. The molecular weight excluding hydrogens is 505 g/mol. The molecule has 0 aliphatic rings. The number of benzene rings is 3. The van der Waals surface area contributed by atoms with Crippen molar-refractivity contribution in [3.63, 3.8) is 0 Å². The molecule has 184 valence electrons. The van der Waals surface area contributed by atoms with E-state index in [-0.39, 0.29) is 11.4 Å². The van der Waals surface area contributed by atoms with Gasteiger partial charge in [-0.3, -0.25) is 4.79 Å². The number of nitrogens with zero attached hydrogens (tertiary/aromatic N) is 2. The van der Waals surface area contributed by atoms with Gasteiger partial charge in [0.2, 0.25) is 10.0 Å². The second kappa shape index (κ2) is 11.4. The molecule has 0 heterocycles. The number of sulfonamides is 1. The number of halogens is 2. The summed E-state index contributed by atoms with van der Waals surface area (Å²) in [6.07, 6.45) is 1.50. The zero-order chi connectivity index (χ0) is 25.8. The standard InChI is InChI=1S/C26H27Cl2N3O3S/c1-17-5-7-21(8-6-17)14-29-30-25(32)16-31(15-22-9-10-23(27)24(28)13-22)35(33,34)26-19(3)11-18(2)12-20(26)4/h5-14H,15-16H2,1-4H3,(H,30,32)/b29-14+. The van der Waals surface area contributed by atoms with Crippen molar-refractivity contribution in [3.8, 4) is 0 Å². The summed E-state index contributed by atoms with van der Waals surface area (Å²) in [5.74, 6) is -0.570. The number of nitrogens with one attached hydrogen (secondary N) is 1. The number of aryl methyl sites for hydroxylation is 4. The summed E-state index contributed by atoms with van der Waals surface area (Å²) in [4.78, 5) is 12.9. The number of amides is 1. The molecule has 1 N–H and O–H groups in total. The fourth-order valence-corrected chi connectivity index (χ4v) is 5.91. The molecule has 0 aromatic heterocycles. The number of rotatable bonds is 8. The minimum atomic E-state index is -4.03. The number of carbonyl (C=O) groups excluding carboxylic acids is 1. The highest BCUT2D eigenvalue weighted by Crippen LogP contribution is 2.28. The molecular formula is C26H27Cl2N3O3S. The van der Waals surface area contributed by atoms with E-state index in [0.717, 1.165) is 21.0 Å². The first-order valence-corrected chi connectivity index (χ1v) is 13.1. The van der Waals surface area contributed by atoms with Gasteiger partial charge in [-0.2, -0.15) is 9.41 Å². The van der Waals surface area contributed by atoms with Crippen LogP contribution >= 0.6 is 23.2 Å². The maximum absolute atomic E-state index is 13.8. The van der Waals surface area contributed by atoms with Gasteiger partial charge < -0.3 is 0 Å². The Hall–Kier alpha value is -2.71. The van der Waals surface area contributed by atoms with E-state index in [4.69, 9.17) is 23.2 Å². The molecule has 3 rings (SSSR count). The Labute approximate surface area is 216 Å². The van der Waals surface area contributed by atoms with E-state index in [1.165, 1.54) is 6.21 Å². The molecule has 3 aromatic carbocycles. The van der Waals surface area contributed by atoms with Gasteiger partial charge in [-0.1, -0.05) is 76.8 Å². The molecule has 0 bridgehead atoms. The van der Waals surface area contributed by atoms with Crippen LogP contribution < -0.4 is 5.43 Å². The molecule has 0 aliphatic carbocycles. The first-order valence-electron chi connectivity index (χ1n) is 10.9. The summed E-state index contributed by atoms with van der Waals surface area (Å²) in [5.41, 5.74) is 7.11. The molecule has 0 atom stereocenters. The Kier molecular flexibility index (Phi) is 8.72. The SMILES string of the molecule is Cc1ccc(/C=N/NC(=O)CN(Cc2ccc(Cl)c(Cl)c2)S(=O)(=O)c2c(C)cc(C)cc2C)cc1. The molecule has 6 nitrogen and oxygen atoms in total. The second-order valence-corrected chi connectivity index (χ2v) is 11.1. The van der Waals surface area contributed by atoms with Crippen LogP contribution in [0.1, 0.15) is 33.4 Å². The van der Waals surface area contributed by atoms with Crippen LogP contribution in [0.2, 0.25) is 10.0 Å². The molecule has 35 heavy (non-hydrogen) atoms. The van der Waals surface area contributed by atoms with Crippen LogP contribution in [-0.2, 0) is 21.4 Å². The molecule has 0 fully saturated rings. The third-order valence-electron chi connectivity index (χ3n) is 5.35. The predicted molar refractivity (Wildman–Crippen MR) is 142 cm³/mol. The lowest BCUT2D eigenvalue weighted by molar-refractivity contribution is -0.121. The lowest BCUT2D eigenvalue weighted by atomic mass is 10.1. The molecule has 0 aliphatic heterocycles. The van der Waals surface area contributed by atoms with Gasteiger partial charge in [-0.15, -0.1) is 0 Å². The van der Waals surface area contributed by atoms with Crippen LogP contribution in [0.25, 0.3) is 0 Å². The Morgan fingerprint density at radius 3 is 2.14 bits per heavy atom. The van der Waals surface area contributed by atoms with Crippen molar-refractivity contribution in [1.82, 2.24) is 9.73 Å². The highest BCUT2D eigenvalue weighted by Gasteiger charge is 2.30. The van der Waals surface area contributed by atoms with E-state index in [0.29, 0.717) is 26.7 Å². The number of hydrogen-bond acceptors (Lipinski definition) is 4. The molecule has 3 aromatic rings. The average molecular weight is 532 g/mol. The molecule has 0 saturated heterocycles. The van der Waals surface area contributed by atoms with Crippen LogP contribution in [0, 0.1) is 27.7 Å². The van der Waals surface area contributed by atoms with Gasteiger partial charge in [0, 0.05) is 6.54 Å². The minimum Gasteiger partial charge on any atom is -0.272 e. The fourth-order valence-electron chi connectivity index (χ4n) is 3.80. The number of hydrazone groups is 1. The zero-order valence-corrected chi connectivity index (χ0v) is 22.3. The highest BCUT2D eigenvalue weighted by molar-refractivity contribution is 7.89. The maximum Gasteiger partial charge on any atom is 0.255 e. The quantitative estimate of drug-likeness (QED) is 0.305. The van der Waals surface area contributed by atoms with Crippen molar-refractivity contribution in [1.29, 1.82) is 0 Å². The largest absolute Gasteiger partial charge is 0.272 e. The Bertz CT molecular complexity index is 1350. The third-order valence-corrected chi connectivity index (χ3v) is 8.18. The smallest absolute Gasteiger partial charge is 0.255 e. The second-order valence-electron chi connectivity index (χ2n) is 8.45. The summed E-state index contributed by atoms with van der Waals surface area (Å²) in [7, 11) is -4.03. The van der Waals surface area contributed by atoms with Gasteiger partial charge in [0.1, 0.15) is 0 Å². The van der Waals surface area contributed by atoms with Crippen LogP contribution in [0.15, 0.2) is 64.6 Å². The minimum absolute atomic E-state index is 0.0684. The lowest BCUT2D eigenvalue weighted by Gasteiger charge is -2.24. The molecule has 9 heteroatoms. The molecule has 0 spiro atoms. The Morgan fingerprint density at radius 1 is 0.914 bits per heavy atom. The van der Waals surface area contributed by atoms with Gasteiger partial charge in [-0.25, -0.2) is 13.8 Å². The van der Waals surface area contributed by atoms with Crippen LogP contribution in [0.4, 0.5) is 0 Å². The monoisotopic (exact) mass is 531 g/mol.